The normalized spacial score (nSPS) is 9.77. The molecular formula is C9H8Cl2O2. The van der Waals surface area contributed by atoms with Crippen LogP contribution in [0.1, 0.15) is 5.56 Å². The molecule has 0 saturated carbocycles. The van der Waals surface area contributed by atoms with Crippen LogP contribution in [0.4, 0.5) is 0 Å². The molecule has 0 atom stereocenters. The van der Waals surface area contributed by atoms with Gasteiger partial charge in [0.05, 0.1) is 7.11 Å². The van der Waals surface area contributed by atoms with Gasteiger partial charge in [-0.25, -0.2) is 0 Å². The van der Waals surface area contributed by atoms with Crippen molar-refractivity contribution >= 4 is 28.4 Å². The van der Waals surface area contributed by atoms with Gasteiger partial charge in [0.1, 0.15) is 5.75 Å². The van der Waals surface area contributed by atoms with Crippen LogP contribution in [-0.4, -0.2) is 12.4 Å². The molecule has 1 aromatic rings. The van der Waals surface area contributed by atoms with Crippen LogP contribution in [-0.2, 0) is 11.2 Å². The van der Waals surface area contributed by atoms with E-state index in [1.54, 1.807) is 18.2 Å². The second kappa shape index (κ2) is 4.49. The summed E-state index contributed by atoms with van der Waals surface area (Å²) < 4.78 is 4.98. The van der Waals surface area contributed by atoms with Gasteiger partial charge in [-0.2, -0.15) is 0 Å². The first-order valence-electron chi connectivity index (χ1n) is 3.63. The van der Waals surface area contributed by atoms with Crippen LogP contribution in [0.5, 0.6) is 5.75 Å². The van der Waals surface area contributed by atoms with Gasteiger partial charge in [-0.15, -0.1) is 0 Å². The smallest absolute Gasteiger partial charge is 0.226 e. The summed E-state index contributed by atoms with van der Waals surface area (Å²) in [6.45, 7) is 0. The molecule has 0 amide bonds. The summed E-state index contributed by atoms with van der Waals surface area (Å²) in [7, 11) is 1.54. The number of carbonyl (C=O) groups is 1. The summed E-state index contributed by atoms with van der Waals surface area (Å²) in [5.41, 5.74) is 0.754. The molecule has 0 N–H and O–H groups in total. The van der Waals surface area contributed by atoms with E-state index in [0.29, 0.717) is 10.8 Å². The Hall–Kier alpha value is -0.730. The molecule has 1 aromatic carbocycles. The van der Waals surface area contributed by atoms with Crippen LogP contribution >= 0.6 is 23.2 Å². The second-order valence-electron chi connectivity index (χ2n) is 2.53. The van der Waals surface area contributed by atoms with Gasteiger partial charge in [0.2, 0.25) is 5.24 Å². The van der Waals surface area contributed by atoms with E-state index in [-0.39, 0.29) is 6.42 Å². The molecule has 0 unspecified atom stereocenters. The van der Waals surface area contributed by atoms with E-state index in [9.17, 15) is 4.79 Å². The molecule has 70 valence electrons. The highest BCUT2D eigenvalue weighted by molar-refractivity contribution is 6.63. The highest BCUT2D eigenvalue weighted by atomic mass is 35.5. The molecule has 0 aromatic heterocycles. The van der Waals surface area contributed by atoms with Gasteiger partial charge in [0, 0.05) is 11.4 Å². The number of benzene rings is 1. The maximum absolute atomic E-state index is 10.6. The molecule has 0 fully saturated rings. The van der Waals surface area contributed by atoms with Crippen molar-refractivity contribution in [2.45, 2.75) is 6.42 Å². The molecule has 0 heterocycles. The lowest BCUT2D eigenvalue weighted by molar-refractivity contribution is -0.111. The topological polar surface area (TPSA) is 26.3 Å². The average molecular weight is 219 g/mol. The van der Waals surface area contributed by atoms with Crippen LogP contribution in [0.3, 0.4) is 0 Å². The van der Waals surface area contributed by atoms with Gasteiger partial charge in [-0.3, -0.25) is 4.79 Å². The quantitative estimate of drug-likeness (QED) is 0.730. The van der Waals surface area contributed by atoms with Crippen molar-refractivity contribution in [1.29, 1.82) is 0 Å². The number of methoxy groups -OCH3 is 1. The fourth-order valence-corrected chi connectivity index (χ4v) is 1.40. The first-order chi connectivity index (χ1) is 6.11. The Morgan fingerprint density at radius 1 is 1.46 bits per heavy atom. The molecule has 0 spiro atoms. The lowest BCUT2D eigenvalue weighted by atomic mass is 10.1. The Morgan fingerprint density at radius 2 is 2.15 bits per heavy atom. The molecule has 0 aliphatic rings. The highest BCUT2D eigenvalue weighted by Crippen LogP contribution is 2.21. The van der Waals surface area contributed by atoms with Gasteiger partial charge in [-0.1, -0.05) is 11.6 Å². The minimum absolute atomic E-state index is 0.165. The number of hydrogen-bond acceptors (Lipinski definition) is 2. The van der Waals surface area contributed by atoms with E-state index in [0.717, 1.165) is 5.56 Å². The summed E-state index contributed by atoms with van der Waals surface area (Å²) in [5.74, 6) is 0.625. The van der Waals surface area contributed by atoms with E-state index in [1.165, 1.54) is 7.11 Å². The summed E-state index contributed by atoms with van der Waals surface area (Å²) in [5, 5.41) is 0.122. The molecule has 0 radical (unpaired) electrons. The van der Waals surface area contributed by atoms with Crippen LogP contribution in [0.2, 0.25) is 5.02 Å². The van der Waals surface area contributed by atoms with Crippen molar-refractivity contribution in [2.24, 2.45) is 0 Å². The van der Waals surface area contributed by atoms with Crippen molar-refractivity contribution in [3.63, 3.8) is 0 Å². The SMILES string of the molecule is COc1cc(Cl)cc(CC(=O)Cl)c1. The molecule has 0 aliphatic carbocycles. The third-order valence-corrected chi connectivity index (χ3v) is 1.86. The first-order valence-corrected chi connectivity index (χ1v) is 4.39. The van der Waals surface area contributed by atoms with Crippen molar-refractivity contribution in [3.8, 4) is 5.75 Å². The minimum Gasteiger partial charge on any atom is -0.497 e. The maximum Gasteiger partial charge on any atom is 0.226 e. The molecule has 1 rings (SSSR count). The van der Waals surface area contributed by atoms with E-state index in [1.807, 2.05) is 0 Å². The summed E-state index contributed by atoms with van der Waals surface area (Å²) in [4.78, 5) is 10.6. The van der Waals surface area contributed by atoms with Gasteiger partial charge in [0.15, 0.2) is 0 Å². The van der Waals surface area contributed by atoms with Crippen molar-refractivity contribution < 1.29 is 9.53 Å². The fourth-order valence-electron chi connectivity index (χ4n) is 1.00. The Morgan fingerprint density at radius 3 is 2.69 bits per heavy atom. The van der Waals surface area contributed by atoms with Gasteiger partial charge in [-0.05, 0) is 35.4 Å². The zero-order valence-electron chi connectivity index (χ0n) is 7.01. The number of ether oxygens (including phenoxy) is 1. The van der Waals surface area contributed by atoms with Gasteiger partial charge < -0.3 is 4.74 Å². The maximum atomic E-state index is 10.6. The average Bonchev–Trinajstić information content (AvgIpc) is 2.01. The van der Waals surface area contributed by atoms with Crippen LogP contribution in [0.15, 0.2) is 18.2 Å². The third kappa shape index (κ3) is 3.25. The van der Waals surface area contributed by atoms with Crippen LogP contribution in [0.25, 0.3) is 0 Å². The Kier molecular flexibility index (Phi) is 3.58. The standard InChI is InChI=1S/C9H8Cl2O2/c1-13-8-3-6(4-9(11)12)2-7(10)5-8/h2-3,5H,4H2,1H3. The Bertz CT molecular complexity index is 323. The molecule has 2 nitrogen and oxygen atoms in total. The van der Waals surface area contributed by atoms with Crippen molar-refractivity contribution in [2.75, 3.05) is 7.11 Å². The number of halogens is 2. The molecular weight excluding hydrogens is 211 g/mol. The monoisotopic (exact) mass is 218 g/mol. The molecule has 13 heavy (non-hydrogen) atoms. The fraction of sp³-hybridized carbons (Fsp3) is 0.222. The summed E-state index contributed by atoms with van der Waals surface area (Å²) in [6.07, 6.45) is 0.165. The first kappa shape index (κ1) is 10.4. The van der Waals surface area contributed by atoms with E-state index >= 15 is 0 Å². The lowest BCUT2D eigenvalue weighted by Crippen LogP contribution is -1.94. The van der Waals surface area contributed by atoms with Gasteiger partial charge >= 0.3 is 0 Å². The van der Waals surface area contributed by atoms with E-state index in [2.05, 4.69) is 0 Å². The number of carbonyl (C=O) groups excluding carboxylic acids is 1. The van der Waals surface area contributed by atoms with Crippen LogP contribution < -0.4 is 4.74 Å². The lowest BCUT2D eigenvalue weighted by Gasteiger charge is -2.03. The van der Waals surface area contributed by atoms with E-state index in [4.69, 9.17) is 27.9 Å². The predicted octanol–water partition coefficient (Wildman–Crippen LogP) is 2.66. The molecule has 0 saturated heterocycles. The summed E-state index contributed by atoms with van der Waals surface area (Å²) in [6, 6.07) is 5.08. The summed E-state index contributed by atoms with van der Waals surface area (Å²) >= 11 is 11.0. The number of hydrogen-bond donors (Lipinski definition) is 0. The largest absolute Gasteiger partial charge is 0.497 e. The third-order valence-electron chi connectivity index (χ3n) is 1.51. The van der Waals surface area contributed by atoms with E-state index < -0.39 is 5.24 Å². The molecule has 0 aliphatic heterocycles. The zero-order chi connectivity index (χ0) is 9.84. The predicted molar refractivity (Wildman–Crippen MR) is 52.6 cm³/mol. The van der Waals surface area contributed by atoms with Crippen LogP contribution in [0, 0.1) is 0 Å². The van der Waals surface area contributed by atoms with Gasteiger partial charge in [0.25, 0.3) is 0 Å². The highest BCUT2D eigenvalue weighted by Gasteiger charge is 2.03. The Labute approximate surface area is 86.4 Å². The minimum atomic E-state index is -0.413. The Balaban J connectivity index is 2.94. The molecule has 4 heteroatoms. The van der Waals surface area contributed by atoms with Crippen molar-refractivity contribution in [3.05, 3.63) is 28.8 Å². The second-order valence-corrected chi connectivity index (χ2v) is 3.39. The molecule has 0 bridgehead atoms. The zero-order valence-corrected chi connectivity index (χ0v) is 8.52. The van der Waals surface area contributed by atoms with Crippen molar-refractivity contribution in [1.82, 2.24) is 0 Å². The number of rotatable bonds is 3.